The average Bonchev–Trinajstić information content (AvgIpc) is 3.04. The van der Waals surface area contributed by atoms with Gasteiger partial charge in [0, 0.05) is 44.1 Å². The summed E-state index contributed by atoms with van der Waals surface area (Å²) in [5.74, 6) is 0.527. The number of piperidine rings is 1. The summed E-state index contributed by atoms with van der Waals surface area (Å²) >= 11 is 0. The zero-order valence-corrected chi connectivity index (χ0v) is 18.5. The zero-order chi connectivity index (χ0) is 21.3. The highest BCUT2D eigenvalue weighted by molar-refractivity contribution is 5.93. The van der Waals surface area contributed by atoms with Gasteiger partial charge in [-0.3, -0.25) is 9.58 Å². The monoisotopic (exact) mass is 410 g/mol. The van der Waals surface area contributed by atoms with Gasteiger partial charge in [0.2, 0.25) is 0 Å². The zero-order valence-electron chi connectivity index (χ0n) is 18.5. The molecule has 6 nitrogen and oxygen atoms in total. The van der Waals surface area contributed by atoms with E-state index >= 15 is 0 Å². The van der Waals surface area contributed by atoms with E-state index in [1.54, 1.807) is 12.0 Å². The molecule has 0 radical (unpaired) electrons. The molecule has 2 heterocycles. The van der Waals surface area contributed by atoms with Crippen LogP contribution in [0.4, 0.5) is 4.79 Å². The highest BCUT2D eigenvalue weighted by atomic mass is 16.5. The number of benzene rings is 1. The van der Waals surface area contributed by atoms with Gasteiger partial charge in [0.15, 0.2) is 0 Å². The molecule has 1 aliphatic carbocycles. The van der Waals surface area contributed by atoms with Gasteiger partial charge in [0.1, 0.15) is 0 Å². The predicted octanol–water partition coefficient (Wildman–Crippen LogP) is 4.08. The van der Waals surface area contributed by atoms with Crippen molar-refractivity contribution in [3.05, 3.63) is 47.7 Å². The Hall–Kier alpha value is -2.31. The molecule has 2 aliphatic rings. The van der Waals surface area contributed by atoms with Gasteiger partial charge in [0.25, 0.3) is 0 Å². The Morgan fingerprint density at radius 3 is 2.87 bits per heavy atom. The number of ether oxygens (including phenoxy) is 1. The lowest BCUT2D eigenvalue weighted by Gasteiger charge is -2.44. The Balaban J connectivity index is 1.83. The molecule has 30 heavy (non-hydrogen) atoms. The maximum absolute atomic E-state index is 12.9. The number of amides is 2. The van der Waals surface area contributed by atoms with Gasteiger partial charge in [-0.05, 0) is 56.8 Å². The number of hydrogen-bond acceptors (Lipinski definition) is 3. The second kappa shape index (κ2) is 8.82. The molecular weight excluding hydrogens is 376 g/mol. The molecule has 2 amide bonds. The Bertz CT molecular complexity index is 931. The average molecular weight is 411 g/mol. The third kappa shape index (κ3) is 3.42. The lowest BCUT2D eigenvalue weighted by atomic mass is 9.74. The van der Waals surface area contributed by atoms with Crippen LogP contribution < -0.4 is 5.43 Å². The standard InChI is InChI=1S/C24H34N4O2/c1-5-13-27-14-9-11-17-18-10-8-12-20-23(18)19(15-21(17)27)22(16-30-4)28(20)25-24(29)26(6-2)7-3/h5,8,10,12,17,21H,1,6-7,9,11,13-16H2,2-4H3,(H,25,29)/t17-,21-/m1/s1. The maximum Gasteiger partial charge on any atom is 0.336 e. The summed E-state index contributed by atoms with van der Waals surface area (Å²) in [6.07, 6.45) is 5.43. The number of aromatic nitrogens is 1. The first-order valence-corrected chi connectivity index (χ1v) is 11.2. The first kappa shape index (κ1) is 20.9. The smallest absolute Gasteiger partial charge is 0.336 e. The molecule has 6 heteroatoms. The van der Waals surface area contributed by atoms with Crippen LogP contribution in [0.2, 0.25) is 0 Å². The first-order valence-electron chi connectivity index (χ1n) is 11.2. The van der Waals surface area contributed by atoms with Crippen molar-refractivity contribution in [2.75, 3.05) is 38.7 Å². The second-order valence-corrected chi connectivity index (χ2v) is 8.33. The normalized spacial score (nSPS) is 20.8. The number of carbonyl (C=O) groups excluding carboxylic acids is 1. The lowest BCUT2D eigenvalue weighted by Crippen LogP contribution is -2.46. The summed E-state index contributed by atoms with van der Waals surface area (Å²) in [6, 6.07) is 6.94. The van der Waals surface area contributed by atoms with Crippen LogP contribution in [-0.4, -0.2) is 59.8 Å². The van der Waals surface area contributed by atoms with E-state index in [-0.39, 0.29) is 6.03 Å². The first-order chi connectivity index (χ1) is 14.6. The van der Waals surface area contributed by atoms with Crippen LogP contribution in [0, 0.1) is 0 Å². The molecule has 0 saturated carbocycles. The van der Waals surface area contributed by atoms with Gasteiger partial charge in [0.05, 0.1) is 17.8 Å². The summed E-state index contributed by atoms with van der Waals surface area (Å²) in [4.78, 5) is 17.3. The molecule has 0 spiro atoms. The number of nitrogens with zero attached hydrogens (tertiary/aromatic N) is 3. The highest BCUT2D eigenvalue weighted by Crippen LogP contribution is 2.45. The third-order valence-electron chi connectivity index (χ3n) is 6.85. The van der Waals surface area contributed by atoms with Crippen molar-refractivity contribution in [2.24, 2.45) is 0 Å². The summed E-state index contributed by atoms with van der Waals surface area (Å²) in [6.45, 7) is 11.9. The van der Waals surface area contributed by atoms with Crippen LogP contribution in [0.15, 0.2) is 30.9 Å². The van der Waals surface area contributed by atoms with E-state index in [0.717, 1.165) is 30.7 Å². The Morgan fingerprint density at radius 2 is 2.17 bits per heavy atom. The number of nitrogens with one attached hydrogen (secondary N) is 1. The van der Waals surface area contributed by atoms with Crippen molar-refractivity contribution in [1.82, 2.24) is 14.5 Å². The molecule has 1 aromatic carbocycles. The van der Waals surface area contributed by atoms with Gasteiger partial charge < -0.3 is 9.64 Å². The van der Waals surface area contributed by atoms with E-state index in [0.29, 0.717) is 31.7 Å². The van der Waals surface area contributed by atoms with E-state index < -0.39 is 0 Å². The molecule has 1 aliphatic heterocycles. The summed E-state index contributed by atoms with van der Waals surface area (Å²) in [7, 11) is 1.72. The number of carbonyl (C=O) groups is 1. The highest BCUT2D eigenvalue weighted by Gasteiger charge is 2.39. The van der Waals surface area contributed by atoms with E-state index in [2.05, 4.69) is 35.1 Å². The fourth-order valence-corrected chi connectivity index (χ4v) is 5.48. The lowest BCUT2D eigenvalue weighted by molar-refractivity contribution is 0.137. The molecular formula is C24H34N4O2. The van der Waals surface area contributed by atoms with Crippen molar-refractivity contribution in [2.45, 2.75) is 51.7 Å². The summed E-state index contributed by atoms with van der Waals surface area (Å²) in [5, 5.41) is 1.31. The minimum absolute atomic E-state index is 0.0730. The van der Waals surface area contributed by atoms with Crippen molar-refractivity contribution in [3.8, 4) is 0 Å². The van der Waals surface area contributed by atoms with Crippen LogP contribution in [0.5, 0.6) is 0 Å². The fourth-order valence-electron chi connectivity index (χ4n) is 5.48. The molecule has 162 valence electrons. The SMILES string of the molecule is C=CCN1CCC[C@@H]2c3cccc4c3c(c(COC)n4NC(=O)N(CC)CC)C[C@H]21. The van der Waals surface area contributed by atoms with E-state index in [1.165, 1.54) is 29.4 Å². The van der Waals surface area contributed by atoms with Gasteiger partial charge in [-0.15, -0.1) is 6.58 Å². The number of likely N-dealkylation sites (tertiary alicyclic amines) is 1. The Labute approximate surface area is 179 Å². The summed E-state index contributed by atoms with van der Waals surface area (Å²) in [5.41, 5.74) is 8.03. The molecule has 4 rings (SSSR count). The Kier molecular flexibility index (Phi) is 6.16. The van der Waals surface area contributed by atoms with Gasteiger partial charge >= 0.3 is 6.03 Å². The molecule has 1 saturated heterocycles. The number of fused-ring (bicyclic) bond motifs is 2. The second-order valence-electron chi connectivity index (χ2n) is 8.33. The largest absolute Gasteiger partial charge is 0.378 e. The molecule has 1 N–H and O–H groups in total. The van der Waals surface area contributed by atoms with Gasteiger partial charge in [-0.25, -0.2) is 10.2 Å². The molecule has 1 fully saturated rings. The van der Waals surface area contributed by atoms with E-state index in [4.69, 9.17) is 4.74 Å². The molecule has 1 aromatic heterocycles. The van der Waals surface area contributed by atoms with Crippen LogP contribution in [0.1, 0.15) is 49.4 Å². The van der Waals surface area contributed by atoms with E-state index in [9.17, 15) is 4.79 Å². The number of rotatable bonds is 7. The van der Waals surface area contributed by atoms with Crippen LogP contribution in [0.3, 0.4) is 0 Å². The van der Waals surface area contributed by atoms with Crippen LogP contribution >= 0.6 is 0 Å². The van der Waals surface area contributed by atoms with Gasteiger partial charge in [-0.1, -0.05) is 18.2 Å². The molecule has 0 unspecified atom stereocenters. The molecule has 2 atom stereocenters. The van der Waals surface area contributed by atoms with Gasteiger partial charge in [-0.2, -0.15) is 0 Å². The predicted molar refractivity (Wildman–Crippen MR) is 122 cm³/mol. The number of urea groups is 1. The number of methoxy groups -OCH3 is 1. The van der Waals surface area contributed by atoms with E-state index in [1.807, 2.05) is 24.6 Å². The minimum atomic E-state index is -0.0730. The quantitative estimate of drug-likeness (QED) is 0.700. The topological polar surface area (TPSA) is 49.7 Å². The van der Waals surface area contributed by atoms with Crippen molar-refractivity contribution in [1.29, 1.82) is 0 Å². The Morgan fingerprint density at radius 1 is 1.37 bits per heavy atom. The van der Waals surface area contributed by atoms with Crippen molar-refractivity contribution in [3.63, 3.8) is 0 Å². The molecule has 2 aromatic rings. The van der Waals surface area contributed by atoms with Crippen molar-refractivity contribution < 1.29 is 9.53 Å². The third-order valence-corrected chi connectivity index (χ3v) is 6.85. The van der Waals surface area contributed by atoms with Crippen LogP contribution in [-0.2, 0) is 17.8 Å². The summed E-state index contributed by atoms with van der Waals surface area (Å²) < 4.78 is 7.57. The van der Waals surface area contributed by atoms with Crippen molar-refractivity contribution >= 4 is 16.9 Å². The minimum Gasteiger partial charge on any atom is -0.378 e. The van der Waals surface area contributed by atoms with Crippen LogP contribution in [0.25, 0.3) is 10.9 Å². The maximum atomic E-state index is 12.9. The molecule has 0 bridgehead atoms. The number of hydrogen-bond donors (Lipinski definition) is 1. The fraction of sp³-hybridized carbons (Fsp3) is 0.542.